The molecule has 0 amide bonds. The van der Waals surface area contributed by atoms with Gasteiger partial charge in [0, 0.05) is 10.2 Å². The van der Waals surface area contributed by atoms with Gasteiger partial charge in [-0.25, -0.2) is 0 Å². The molecule has 0 fully saturated rings. The second-order valence-corrected chi connectivity index (χ2v) is 4.84. The lowest BCUT2D eigenvalue weighted by molar-refractivity contribution is 1.83. The zero-order valence-electron chi connectivity index (χ0n) is 5.18. The Bertz CT molecular complexity index is 227. The fourth-order valence-electron chi connectivity index (χ4n) is 0.579. The molecule has 0 aromatic carbocycles. The van der Waals surface area contributed by atoms with Gasteiger partial charge in [-0.1, -0.05) is 22.0 Å². The van der Waals surface area contributed by atoms with Gasteiger partial charge in [0.25, 0.3) is 0 Å². The number of allylic oxidation sites excluding steroid dienone is 1. The zero-order chi connectivity index (χ0) is 7.40. The third-order valence-corrected chi connectivity index (χ3v) is 2.93. The normalized spacial score (nSPS) is 11.0. The van der Waals surface area contributed by atoms with E-state index in [1.165, 1.54) is 8.66 Å². The smallest absolute Gasteiger partial charge is 0.0704 e. The Kier molecular flexibility index (Phi) is 3.66. The van der Waals surface area contributed by atoms with Crippen LogP contribution in [0.1, 0.15) is 4.88 Å². The molecular formula is C7H6Br2S. The summed E-state index contributed by atoms with van der Waals surface area (Å²) in [6, 6.07) is 4.15. The highest BCUT2D eigenvalue weighted by molar-refractivity contribution is 9.11. The van der Waals surface area contributed by atoms with E-state index in [0.29, 0.717) is 0 Å². The van der Waals surface area contributed by atoms with Crippen LogP contribution < -0.4 is 0 Å². The lowest BCUT2D eigenvalue weighted by Crippen LogP contribution is -1.57. The zero-order valence-corrected chi connectivity index (χ0v) is 9.17. The molecule has 54 valence electrons. The number of alkyl halides is 1. The van der Waals surface area contributed by atoms with Gasteiger partial charge in [0.1, 0.15) is 0 Å². The predicted molar refractivity (Wildman–Crippen MR) is 54.8 cm³/mol. The number of halogens is 2. The van der Waals surface area contributed by atoms with Gasteiger partial charge in [0.15, 0.2) is 0 Å². The summed E-state index contributed by atoms with van der Waals surface area (Å²) in [6.45, 7) is 0. The third kappa shape index (κ3) is 2.56. The van der Waals surface area contributed by atoms with Crippen LogP contribution in [0.5, 0.6) is 0 Å². The fraction of sp³-hybridized carbons (Fsp3) is 0.143. The van der Waals surface area contributed by atoms with Crippen LogP contribution in [0.15, 0.2) is 22.0 Å². The van der Waals surface area contributed by atoms with Crippen LogP contribution in [0.4, 0.5) is 0 Å². The summed E-state index contributed by atoms with van der Waals surface area (Å²) in [5, 5.41) is 0.919. The van der Waals surface area contributed by atoms with Crippen molar-refractivity contribution in [1.82, 2.24) is 0 Å². The van der Waals surface area contributed by atoms with Crippen LogP contribution in [-0.4, -0.2) is 5.33 Å². The molecule has 0 bridgehead atoms. The van der Waals surface area contributed by atoms with Crippen molar-refractivity contribution in [3.05, 3.63) is 26.9 Å². The largest absolute Gasteiger partial charge is 0.129 e. The summed E-state index contributed by atoms with van der Waals surface area (Å²) < 4.78 is 1.18. The van der Waals surface area contributed by atoms with Crippen LogP contribution in [-0.2, 0) is 0 Å². The van der Waals surface area contributed by atoms with E-state index >= 15 is 0 Å². The maximum Gasteiger partial charge on any atom is 0.0704 e. The highest BCUT2D eigenvalue weighted by Crippen LogP contribution is 2.22. The lowest BCUT2D eigenvalue weighted by Gasteiger charge is -1.79. The third-order valence-electron chi connectivity index (χ3n) is 0.965. The predicted octanol–water partition coefficient (Wildman–Crippen LogP) is 3.92. The number of rotatable bonds is 2. The van der Waals surface area contributed by atoms with Crippen molar-refractivity contribution in [1.29, 1.82) is 0 Å². The minimum Gasteiger partial charge on any atom is -0.129 e. The van der Waals surface area contributed by atoms with Gasteiger partial charge in [0.2, 0.25) is 0 Å². The summed E-state index contributed by atoms with van der Waals surface area (Å²) in [5.41, 5.74) is 0. The Morgan fingerprint density at radius 2 is 2.30 bits per heavy atom. The molecule has 10 heavy (non-hydrogen) atoms. The minimum atomic E-state index is 0.919. The van der Waals surface area contributed by atoms with Crippen molar-refractivity contribution < 1.29 is 0 Å². The SMILES string of the molecule is BrCC=Cc1ccc(Br)s1. The lowest BCUT2D eigenvalue weighted by atomic mass is 10.4. The summed E-state index contributed by atoms with van der Waals surface area (Å²) in [7, 11) is 0. The molecule has 0 unspecified atom stereocenters. The number of hydrogen-bond acceptors (Lipinski definition) is 1. The van der Waals surface area contributed by atoms with Crippen LogP contribution in [0, 0.1) is 0 Å². The van der Waals surface area contributed by atoms with Crippen molar-refractivity contribution in [2.45, 2.75) is 0 Å². The van der Waals surface area contributed by atoms with Crippen LogP contribution >= 0.6 is 43.2 Å². The minimum absolute atomic E-state index is 0.919. The molecular weight excluding hydrogens is 276 g/mol. The van der Waals surface area contributed by atoms with Crippen molar-refractivity contribution in [3.8, 4) is 0 Å². The maximum absolute atomic E-state index is 3.40. The van der Waals surface area contributed by atoms with E-state index in [9.17, 15) is 0 Å². The average Bonchev–Trinajstić information content (AvgIpc) is 2.31. The summed E-state index contributed by atoms with van der Waals surface area (Å²) in [4.78, 5) is 1.28. The Morgan fingerprint density at radius 3 is 2.80 bits per heavy atom. The molecule has 0 radical (unpaired) electrons. The van der Waals surface area contributed by atoms with Crippen molar-refractivity contribution in [2.75, 3.05) is 5.33 Å². The first-order valence-electron chi connectivity index (χ1n) is 2.81. The second kappa shape index (κ2) is 4.31. The molecule has 1 heterocycles. The monoisotopic (exact) mass is 280 g/mol. The highest BCUT2D eigenvalue weighted by atomic mass is 79.9. The number of thiophene rings is 1. The van der Waals surface area contributed by atoms with Crippen LogP contribution in [0.25, 0.3) is 6.08 Å². The molecule has 0 aliphatic rings. The van der Waals surface area contributed by atoms with Gasteiger partial charge in [-0.3, -0.25) is 0 Å². The molecule has 0 saturated carbocycles. The molecule has 0 atom stereocenters. The molecule has 3 heteroatoms. The first-order valence-corrected chi connectivity index (χ1v) is 5.54. The van der Waals surface area contributed by atoms with Crippen molar-refractivity contribution >= 4 is 49.3 Å². The Labute approximate surface area is 81.2 Å². The molecule has 0 aliphatic carbocycles. The van der Waals surface area contributed by atoms with E-state index < -0.39 is 0 Å². The molecule has 1 rings (SSSR count). The van der Waals surface area contributed by atoms with Gasteiger partial charge in [-0.15, -0.1) is 11.3 Å². The van der Waals surface area contributed by atoms with Crippen LogP contribution in [0.3, 0.4) is 0 Å². The van der Waals surface area contributed by atoms with Gasteiger partial charge in [-0.2, -0.15) is 0 Å². The molecule has 0 N–H and O–H groups in total. The topological polar surface area (TPSA) is 0 Å². The Morgan fingerprint density at radius 1 is 1.50 bits per heavy atom. The van der Waals surface area contributed by atoms with E-state index in [-0.39, 0.29) is 0 Å². The first-order chi connectivity index (χ1) is 4.83. The molecule has 0 aliphatic heterocycles. The standard InChI is InChI=1S/C7H6Br2S/c8-5-1-2-6-3-4-7(9)10-6/h1-4H,5H2. The van der Waals surface area contributed by atoms with Gasteiger partial charge in [0.05, 0.1) is 3.79 Å². The molecule has 1 aromatic rings. The second-order valence-electron chi connectivity index (χ2n) is 1.70. The quantitative estimate of drug-likeness (QED) is 0.721. The summed E-state index contributed by atoms with van der Waals surface area (Å²) in [6.07, 6.45) is 4.18. The van der Waals surface area contributed by atoms with E-state index in [0.717, 1.165) is 5.33 Å². The van der Waals surface area contributed by atoms with E-state index in [1.54, 1.807) is 11.3 Å². The highest BCUT2D eigenvalue weighted by Gasteiger charge is 1.90. The van der Waals surface area contributed by atoms with Gasteiger partial charge >= 0.3 is 0 Å². The van der Waals surface area contributed by atoms with E-state index in [4.69, 9.17) is 0 Å². The Balaban J connectivity index is 2.67. The summed E-state index contributed by atoms with van der Waals surface area (Å²) in [5.74, 6) is 0. The molecule has 0 nitrogen and oxygen atoms in total. The van der Waals surface area contributed by atoms with Gasteiger partial charge in [-0.05, 0) is 34.1 Å². The Hall–Kier alpha value is 0.400. The van der Waals surface area contributed by atoms with Crippen molar-refractivity contribution in [2.24, 2.45) is 0 Å². The molecule has 1 aromatic heterocycles. The van der Waals surface area contributed by atoms with Crippen LogP contribution in [0.2, 0.25) is 0 Å². The summed E-state index contributed by atoms with van der Waals surface area (Å²) >= 11 is 8.45. The average molecular weight is 282 g/mol. The molecule has 0 saturated heterocycles. The van der Waals surface area contributed by atoms with Gasteiger partial charge < -0.3 is 0 Å². The van der Waals surface area contributed by atoms with E-state index in [1.807, 2.05) is 0 Å². The molecule has 0 spiro atoms. The van der Waals surface area contributed by atoms with E-state index in [2.05, 4.69) is 56.1 Å². The fourth-order valence-corrected chi connectivity index (χ4v) is 2.12. The number of hydrogen-bond donors (Lipinski definition) is 0. The first kappa shape index (κ1) is 8.50. The van der Waals surface area contributed by atoms with Crippen molar-refractivity contribution in [3.63, 3.8) is 0 Å². The maximum atomic E-state index is 3.40.